The Balaban J connectivity index is 1.64. The molecule has 0 fully saturated rings. The predicted octanol–water partition coefficient (Wildman–Crippen LogP) is 4.55. The van der Waals surface area contributed by atoms with Gasteiger partial charge in [-0.15, -0.1) is 0 Å². The van der Waals surface area contributed by atoms with Crippen molar-refractivity contribution in [1.29, 1.82) is 0 Å². The Kier molecular flexibility index (Phi) is 3.95. The van der Waals surface area contributed by atoms with Gasteiger partial charge >= 0.3 is 0 Å². The molecule has 0 aliphatic heterocycles. The summed E-state index contributed by atoms with van der Waals surface area (Å²) in [4.78, 5) is 8.48. The van der Waals surface area contributed by atoms with Gasteiger partial charge in [-0.05, 0) is 41.8 Å². The number of benzene rings is 1. The Bertz CT molecular complexity index is 1030. The Labute approximate surface area is 149 Å². The Morgan fingerprint density at radius 3 is 2.72 bits per heavy atom. The van der Waals surface area contributed by atoms with Gasteiger partial charge in [0.15, 0.2) is 5.75 Å². The number of hydrogen-bond acceptors (Lipinski definition) is 5. The molecule has 1 N–H and O–H groups in total. The van der Waals surface area contributed by atoms with E-state index < -0.39 is 0 Å². The number of halogens is 1. The molecule has 0 spiro atoms. The van der Waals surface area contributed by atoms with Crippen LogP contribution >= 0.6 is 11.6 Å². The van der Waals surface area contributed by atoms with Crippen LogP contribution in [0.5, 0.6) is 11.5 Å². The number of anilines is 2. The van der Waals surface area contributed by atoms with Crippen LogP contribution in [0.3, 0.4) is 0 Å². The predicted molar refractivity (Wildman–Crippen MR) is 97.6 cm³/mol. The number of fused-ring (bicyclic) bond motifs is 1. The van der Waals surface area contributed by atoms with E-state index in [1.54, 1.807) is 29.3 Å². The first-order valence-corrected chi connectivity index (χ1v) is 7.99. The smallest absolute Gasteiger partial charge is 0.165 e. The van der Waals surface area contributed by atoms with Gasteiger partial charge in [-0.1, -0.05) is 11.6 Å². The molecule has 3 aromatic heterocycles. The number of rotatable bonds is 4. The van der Waals surface area contributed by atoms with Gasteiger partial charge in [0.2, 0.25) is 0 Å². The van der Waals surface area contributed by atoms with E-state index >= 15 is 0 Å². The molecule has 7 heteroatoms. The standard InChI is InChI=1S/C18H14ClN5O/c1-24-11-15(10-22-24)25-14-3-4-16-12(8-14)6-7-20-18(16)23-13-2-5-17(19)21-9-13/h2-11H,1H3,(H,20,23). The number of aryl methyl sites for hydroxylation is 1. The lowest BCUT2D eigenvalue weighted by Crippen LogP contribution is -1.95. The van der Waals surface area contributed by atoms with E-state index in [2.05, 4.69) is 20.4 Å². The summed E-state index contributed by atoms with van der Waals surface area (Å²) in [6, 6.07) is 11.4. The Morgan fingerprint density at radius 2 is 1.96 bits per heavy atom. The van der Waals surface area contributed by atoms with Crippen molar-refractivity contribution in [1.82, 2.24) is 19.7 Å². The fourth-order valence-corrected chi connectivity index (χ4v) is 2.60. The summed E-state index contributed by atoms with van der Waals surface area (Å²) in [5.74, 6) is 2.18. The number of pyridine rings is 2. The van der Waals surface area contributed by atoms with Gasteiger partial charge in [-0.2, -0.15) is 5.10 Å². The third-order valence-corrected chi connectivity index (χ3v) is 3.87. The summed E-state index contributed by atoms with van der Waals surface area (Å²) in [5.41, 5.74) is 0.820. The molecular weight excluding hydrogens is 338 g/mol. The summed E-state index contributed by atoms with van der Waals surface area (Å²) in [6.45, 7) is 0. The van der Waals surface area contributed by atoms with E-state index in [0.717, 1.165) is 28.0 Å². The van der Waals surface area contributed by atoms with Crippen LogP contribution < -0.4 is 10.1 Å². The normalized spacial score (nSPS) is 10.8. The van der Waals surface area contributed by atoms with Crippen molar-refractivity contribution >= 4 is 33.9 Å². The molecule has 0 saturated carbocycles. The third kappa shape index (κ3) is 3.39. The molecule has 124 valence electrons. The van der Waals surface area contributed by atoms with Gasteiger partial charge in [0.25, 0.3) is 0 Å². The van der Waals surface area contributed by atoms with Crippen LogP contribution in [0.1, 0.15) is 0 Å². The molecule has 0 bridgehead atoms. The Hall–Kier alpha value is -3.12. The van der Waals surface area contributed by atoms with Gasteiger partial charge in [0.05, 0.1) is 24.3 Å². The van der Waals surface area contributed by atoms with E-state index in [-0.39, 0.29) is 0 Å². The highest BCUT2D eigenvalue weighted by Gasteiger charge is 2.06. The molecule has 4 aromatic rings. The fraction of sp³-hybridized carbons (Fsp3) is 0.0556. The molecule has 0 aliphatic carbocycles. The number of nitrogens with one attached hydrogen (secondary N) is 1. The van der Waals surface area contributed by atoms with Gasteiger partial charge in [0, 0.05) is 18.6 Å². The second-order valence-electron chi connectivity index (χ2n) is 5.49. The average molecular weight is 352 g/mol. The second kappa shape index (κ2) is 6.41. The molecule has 3 heterocycles. The molecule has 0 saturated heterocycles. The first-order valence-electron chi connectivity index (χ1n) is 7.61. The molecule has 0 unspecified atom stereocenters. The first kappa shape index (κ1) is 15.4. The molecule has 1 aromatic carbocycles. The molecular formula is C18H14ClN5O. The fourth-order valence-electron chi connectivity index (χ4n) is 2.49. The minimum Gasteiger partial charge on any atom is -0.454 e. The van der Waals surface area contributed by atoms with Crippen LogP contribution in [0, 0.1) is 0 Å². The van der Waals surface area contributed by atoms with Crippen molar-refractivity contribution in [2.75, 3.05) is 5.32 Å². The molecule has 0 radical (unpaired) electrons. The first-order chi connectivity index (χ1) is 12.2. The summed E-state index contributed by atoms with van der Waals surface area (Å²) in [6.07, 6.45) is 6.92. The van der Waals surface area contributed by atoms with Crippen molar-refractivity contribution in [3.8, 4) is 11.5 Å². The minimum absolute atomic E-state index is 0.452. The van der Waals surface area contributed by atoms with Crippen LogP contribution in [-0.4, -0.2) is 19.7 Å². The van der Waals surface area contributed by atoms with Gasteiger partial charge in [-0.25, -0.2) is 9.97 Å². The zero-order valence-corrected chi connectivity index (χ0v) is 14.1. The zero-order chi connectivity index (χ0) is 17.2. The van der Waals surface area contributed by atoms with E-state index in [1.165, 1.54) is 0 Å². The van der Waals surface area contributed by atoms with Crippen LogP contribution in [-0.2, 0) is 7.05 Å². The van der Waals surface area contributed by atoms with Gasteiger partial charge < -0.3 is 10.1 Å². The zero-order valence-electron chi connectivity index (χ0n) is 13.3. The quantitative estimate of drug-likeness (QED) is 0.546. The molecule has 4 rings (SSSR count). The maximum atomic E-state index is 5.83. The molecule has 0 atom stereocenters. The molecule has 0 amide bonds. The SMILES string of the molecule is Cn1cc(Oc2ccc3c(Nc4ccc(Cl)nc4)nccc3c2)cn1. The molecule has 6 nitrogen and oxygen atoms in total. The molecule has 0 aliphatic rings. The van der Waals surface area contributed by atoms with Crippen molar-refractivity contribution < 1.29 is 4.74 Å². The van der Waals surface area contributed by atoms with Crippen molar-refractivity contribution in [3.05, 3.63) is 66.3 Å². The van der Waals surface area contributed by atoms with E-state index in [9.17, 15) is 0 Å². The topological polar surface area (TPSA) is 64.9 Å². The summed E-state index contributed by atoms with van der Waals surface area (Å²) >= 11 is 5.82. The van der Waals surface area contributed by atoms with Crippen LogP contribution in [0.15, 0.2) is 61.2 Å². The van der Waals surface area contributed by atoms with Gasteiger partial charge in [0.1, 0.15) is 16.7 Å². The Morgan fingerprint density at radius 1 is 1.04 bits per heavy atom. The van der Waals surface area contributed by atoms with Crippen LogP contribution in [0.4, 0.5) is 11.5 Å². The highest BCUT2D eigenvalue weighted by Crippen LogP contribution is 2.29. The number of hydrogen-bond donors (Lipinski definition) is 1. The lowest BCUT2D eigenvalue weighted by Gasteiger charge is -2.10. The summed E-state index contributed by atoms with van der Waals surface area (Å²) in [7, 11) is 1.85. The largest absolute Gasteiger partial charge is 0.454 e. The van der Waals surface area contributed by atoms with E-state index in [4.69, 9.17) is 16.3 Å². The number of ether oxygens (including phenoxy) is 1. The molecule has 25 heavy (non-hydrogen) atoms. The summed E-state index contributed by atoms with van der Waals surface area (Å²) < 4.78 is 7.53. The highest BCUT2D eigenvalue weighted by atomic mass is 35.5. The van der Waals surface area contributed by atoms with Crippen molar-refractivity contribution in [3.63, 3.8) is 0 Å². The summed E-state index contributed by atoms with van der Waals surface area (Å²) in [5, 5.41) is 9.81. The maximum absolute atomic E-state index is 5.83. The van der Waals surface area contributed by atoms with Crippen LogP contribution in [0.2, 0.25) is 5.15 Å². The number of aromatic nitrogens is 4. The van der Waals surface area contributed by atoms with Crippen LogP contribution in [0.25, 0.3) is 10.8 Å². The van der Waals surface area contributed by atoms with E-state index in [1.807, 2.05) is 43.6 Å². The van der Waals surface area contributed by atoms with E-state index in [0.29, 0.717) is 10.9 Å². The second-order valence-corrected chi connectivity index (χ2v) is 5.88. The highest BCUT2D eigenvalue weighted by molar-refractivity contribution is 6.29. The lowest BCUT2D eigenvalue weighted by atomic mass is 10.1. The maximum Gasteiger partial charge on any atom is 0.165 e. The average Bonchev–Trinajstić information content (AvgIpc) is 3.02. The minimum atomic E-state index is 0.452. The number of nitrogens with zero attached hydrogens (tertiary/aromatic N) is 4. The van der Waals surface area contributed by atoms with Crippen molar-refractivity contribution in [2.45, 2.75) is 0 Å². The third-order valence-electron chi connectivity index (χ3n) is 3.64. The van der Waals surface area contributed by atoms with Crippen molar-refractivity contribution in [2.24, 2.45) is 7.05 Å². The lowest BCUT2D eigenvalue weighted by molar-refractivity contribution is 0.483. The van der Waals surface area contributed by atoms with Gasteiger partial charge in [-0.3, -0.25) is 4.68 Å². The monoisotopic (exact) mass is 351 g/mol.